The van der Waals surface area contributed by atoms with Crippen LogP contribution in [0.25, 0.3) is 10.8 Å². The summed E-state index contributed by atoms with van der Waals surface area (Å²) in [7, 11) is 0. The number of aromatic nitrogens is 2. The van der Waals surface area contributed by atoms with E-state index in [1.807, 2.05) is 0 Å². The van der Waals surface area contributed by atoms with E-state index < -0.39 is 17.9 Å². The van der Waals surface area contributed by atoms with Gasteiger partial charge in [0.1, 0.15) is 6.04 Å². The molecule has 27 heavy (non-hydrogen) atoms. The predicted molar refractivity (Wildman–Crippen MR) is 97.5 cm³/mol. The van der Waals surface area contributed by atoms with Gasteiger partial charge < -0.3 is 10.4 Å². The van der Waals surface area contributed by atoms with E-state index in [-0.39, 0.29) is 30.7 Å². The van der Waals surface area contributed by atoms with Crippen molar-refractivity contribution in [3.63, 3.8) is 0 Å². The van der Waals surface area contributed by atoms with Crippen LogP contribution in [-0.2, 0) is 14.4 Å². The maximum Gasteiger partial charge on any atom is 0.303 e. The smallest absolute Gasteiger partial charge is 0.303 e. The van der Waals surface area contributed by atoms with Crippen molar-refractivity contribution in [1.82, 2.24) is 15.1 Å². The largest absolute Gasteiger partial charge is 0.481 e. The predicted octanol–water partition coefficient (Wildman–Crippen LogP) is 0.959. The summed E-state index contributed by atoms with van der Waals surface area (Å²) in [6.07, 6.45) is 0.978. The molecule has 0 spiro atoms. The number of anilines is 1. The Morgan fingerprint density at radius 3 is 2.81 bits per heavy atom. The average Bonchev–Trinajstić information content (AvgIpc) is 2.62. The second-order valence-corrected chi connectivity index (χ2v) is 6.49. The first-order chi connectivity index (χ1) is 12.9. The topological polar surface area (TPSA) is 130 Å². The molecule has 1 unspecified atom stereocenters. The molecule has 2 amide bonds. The van der Waals surface area contributed by atoms with Crippen LogP contribution in [0.3, 0.4) is 0 Å². The molecule has 0 radical (unpaired) electrons. The van der Waals surface area contributed by atoms with Gasteiger partial charge in [-0.3, -0.25) is 24.5 Å². The number of piperidine rings is 1. The van der Waals surface area contributed by atoms with E-state index in [0.29, 0.717) is 29.4 Å². The van der Waals surface area contributed by atoms with Crippen LogP contribution >= 0.6 is 0 Å². The summed E-state index contributed by atoms with van der Waals surface area (Å²) in [6, 6.07) is 4.38. The zero-order chi connectivity index (χ0) is 19.6. The van der Waals surface area contributed by atoms with Crippen LogP contribution in [0.15, 0.2) is 23.0 Å². The summed E-state index contributed by atoms with van der Waals surface area (Å²) in [5.74, 6) is -1.71. The van der Waals surface area contributed by atoms with E-state index in [2.05, 4.69) is 15.7 Å². The third kappa shape index (κ3) is 3.97. The zero-order valence-corrected chi connectivity index (χ0v) is 14.8. The third-order valence-electron chi connectivity index (χ3n) is 4.51. The maximum absolute atomic E-state index is 12.8. The highest BCUT2D eigenvalue weighted by atomic mass is 16.4. The van der Waals surface area contributed by atoms with Crippen LogP contribution < -0.4 is 16.2 Å². The Bertz CT molecular complexity index is 982. The van der Waals surface area contributed by atoms with Crippen LogP contribution in [0.1, 0.15) is 37.4 Å². The fourth-order valence-electron chi connectivity index (χ4n) is 3.12. The SMILES string of the molecule is Cc1nn(C2CCC(=O)NC2=O)c(=O)c2ccc(NCCCC(=O)O)cc12. The van der Waals surface area contributed by atoms with Crippen LogP contribution in [0.5, 0.6) is 0 Å². The molecule has 0 aliphatic carbocycles. The quantitative estimate of drug-likeness (QED) is 0.508. The second kappa shape index (κ2) is 7.56. The minimum Gasteiger partial charge on any atom is -0.481 e. The number of rotatable bonds is 6. The van der Waals surface area contributed by atoms with Crippen LogP contribution in [0.4, 0.5) is 5.69 Å². The third-order valence-corrected chi connectivity index (χ3v) is 4.51. The van der Waals surface area contributed by atoms with Crippen molar-refractivity contribution in [1.29, 1.82) is 0 Å². The van der Waals surface area contributed by atoms with Crippen molar-refractivity contribution in [3.8, 4) is 0 Å². The molecule has 9 heteroatoms. The van der Waals surface area contributed by atoms with Gasteiger partial charge in [-0.2, -0.15) is 5.10 Å². The summed E-state index contributed by atoms with van der Waals surface area (Å²) in [6.45, 7) is 2.25. The average molecular weight is 372 g/mol. The lowest BCUT2D eigenvalue weighted by Crippen LogP contribution is -2.45. The van der Waals surface area contributed by atoms with Gasteiger partial charge in [-0.05, 0) is 38.0 Å². The molecule has 1 atom stereocenters. The van der Waals surface area contributed by atoms with Gasteiger partial charge in [0.05, 0.1) is 11.1 Å². The van der Waals surface area contributed by atoms with Crippen LogP contribution in [-0.4, -0.2) is 39.2 Å². The first kappa shape index (κ1) is 18.6. The van der Waals surface area contributed by atoms with Gasteiger partial charge in [-0.15, -0.1) is 0 Å². The number of carbonyl (C=O) groups excluding carboxylic acids is 2. The number of imide groups is 1. The summed E-state index contributed by atoms with van der Waals surface area (Å²) in [5, 5.41) is 19.4. The molecule has 3 N–H and O–H groups in total. The van der Waals surface area contributed by atoms with E-state index in [9.17, 15) is 19.2 Å². The van der Waals surface area contributed by atoms with Gasteiger partial charge in [0, 0.05) is 30.5 Å². The zero-order valence-electron chi connectivity index (χ0n) is 14.8. The summed E-state index contributed by atoms with van der Waals surface area (Å²) >= 11 is 0. The first-order valence-electron chi connectivity index (χ1n) is 8.69. The molecule has 2 heterocycles. The number of benzene rings is 1. The number of carboxylic acid groups (broad SMARTS) is 1. The monoisotopic (exact) mass is 372 g/mol. The molecule has 1 aliphatic heterocycles. The molecule has 1 aliphatic rings. The molecule has 1 fully saturated rings. The summed E-state index contributed by atoms with van der Waals surface area (Å²) in [5.41, 5.74) is 0.960. The summed E-state index contributed by atoms with van der Waals surface area (Å²) < 4.78 is 1.15. The Labute approximate surface area is 154 Å². The standard InChI is InChI=1S/C18H20N4O5/c1-10-13-9-11(19-8-2-3-16(24)25)4-5-12(13)18(27)22(21-10)14-6-7-15(23)20-17(14)26/h4-5,9,14,19H,2-3,6-8H2,1H3,(H,24,25)(H,20,23,26). The Morgan fingerprint density at radius 1 is 1.33 bits per heavy atom. The lowest BCUT2D eigenvalue weighted by molar-refractivity contribution is -0.137. The van der Waals surface area contributed by atoms with Crippen molar-refractivity contribution in [2.45, 2.75) is 38.6 Å². The Kier molecular flexibility index (Phi) is 5.20. The van der Waals surface area contributed by atoms with Crippen molar-refractivity contribution in [2.24, 2.45) is 0 Å². The van der Waals surface area contributed by atoms with Crippen LogP contribution in [0, 0.1) is 6.92 Å². The fourth-order valence-corrected chi connectivity index (χ4v) is 3.12. The highest BCUT2D eigenvalue weighted by Gasteiger charge is 2.30. The number of hydrogen-bond acceptors (Lipinski definition) is 6. The van der Waals surface area contributed by atoms with Gasteiger partial charge in [-0.25, -0.2) is 4.68 Å². The number of nitrogens with zero attached hydrogens (tertiary/aromatic N) is 2. The molecule has 2 aromatic rings. The second-order valence-electron chi connectivity index (χ2n) is 6.49. The number of hydrogen-bond donors (Lipinski definition) is 3. The van der Waals surface area contributed by atoms with Crippen molar-refractivity contribution < 1.29 is 19.5 Å². The Hall–Kier alpha value is -3.23. The molecule has 1 aromatic heterocycles. The van der Waals surface area contributed by atoms with Gasteiger partial charge in [0.15, 0.2) is 0 Å². The lowest BCUT2D eigenvalue weighted by atomic mass is 10.1. The van der Waals surface area contributed by atoms with E-state index in [1.165, 1.54) is 0 Å². The van der Waals surface area contributed by atoms with Gasteiger partial charge in [-0.1, -0.05) is 0 Å². The van der Waals surface area contributed by atoms with E-state index in [0.717, 1.165) is 10.4 Å². The van der Waals surface area contributed by atoms with Crippen molar-refractivity contribution in [2.75, 3.05) is 11.9 Å². The lowest BCUT2D eigenvalue weighted by Gasteiger charge is -2.22. The summed E-state index contributed by atoms with van der Waals surface area (Å²) in [4.78, 5) is 46.7. The minimum absolute atomic E-state index is 0.0812. The van der Waals surface area contributed by atoms with Crippen molar-refractivity contribution >= 4 is 34.2 Å². The number of nitrogens with one attached hydrogen (secondary N) is 2. The molecule has 3 rings (SSSR count). The highest BCUT2D eigenvalue weighted by molar-refractivity contribution is 5.99. The van der Waals surface area contributed by atoms with E-state index in [1.54, 1.807) is 25.1 Å². The molecular formula is C18H20N4O5. The molecule has 0 bridgehead atoms. The number of carboxylic acids is 1. The van der Waals surface area contributed by atoms with Crippen LogP contribution in [0.2, 0.25) is 0 Å². The molecular weight excluding hydrogens is 352 g/mol. The normalized spacial score (nSPS) is 17.0. The van der Waals surface area contributed by atoms with E-state index in [4.69, 9.17) is 5.11 Å². The molecule has 1 aromatic carbocycles. The number of aryl methyl sites for hydroxylation is 1. The highest BCUT2D eigenvalue weighted by Crippen LogP contribution is 2.22. The maximum atomic E-state index is 12.8. The molecule has 1 saturated heterocycles. The molecule has 9 nitrogen and oxygen atoms in total. The molecule has 142 valence electrons. The Morgan fingerprint density at radius 2 is 2.11 bits per heavy atom. The first-order valence-corrected chi connectivity index (χ1v) is 8.69. The number of amides is 2. The van der Waals surface area contributed by atoms with Gasteiger partial charge >= 0.3 is 5.97 Å². The number of carbonyl (C=O) groups is 3. The number of fused-ring (bicyclic) bond motifs is 1. The number of aliphatic carboxylic acids is 1. The van der Waals surface area contributed by atoms with Crippen molar-refractivity contribution in [3.05, 3.63) is 34.2 Å². The fraction of sp³-hybridized carbons (Fsp3) is 0.389. The van der Waals surface area contributed by atoms with E-state index >= 15 is 0 Å². The minimum atomic E-state index is -0.843. The van der Waals surface area contributed by atoms with Gasteiger partial charge in [0.2, 0.25) is 5.91 Å². The Balaban J connectivity index is 1.88. The molecule has 0 saturated carbocycles. The van der Waals surface area contributed by atoms with Gasteiger partial charge in [0.25, 0.3) is 11.5 Å².